The van der Waals surface area contributed by atoms with Gasteiger partial charge in [-0.3, -0.25) is 9.69 Å². The molecule has 136 valence electrons. The van der Waals surface area contributed by atoms with Gasteiger partial charge in [0.25, 0.3) is 0 Å². The molecule has 2 aliphatic rings. The van der Waals surface area contributed by atoms with Crippen LogP contribution in [0, 0.1) is 25.2 Å². The molecule has 0 bridgehead atoms. The Balaban J connectivity index is 0.00000144. The molecule has 1 amide bonds. The Morgan fingerprint density at radius 3 is 2.83 bits per heavy atom. The highest BCUT2D eigenvalue weighted by Gasteiger charge is 2.49. The highest BCUT2D eigenvalue weighted by molar-refractivity contribution is 5.93. The van der Waals surface area contributed by atoms with Gasteiger partial charge in [-0.1, -0.05) is 12.1 Å². The second-order valence-electron chi connectivity index (χ2n) is 6.81. The molecule has 1 aromatic rings. The number of aliphatic hydroxyl groups is 1. The van der Waals surface area contributed by atoms with E-state index in [4.69, 9.17) is 0 Å². The van der Waals surface area contributed by atoms with Crippen molar-refractivity contribution in [2.45, 2.75) is 13.8 Å². The molecule has 3 rings (SSSR count). The third-order valence-electron chi connectivity index (χ3n) is 5.31. The van der Waals surface area contributed by atoms with Crippen molar-refractivity contribution >= 4 is 36.4 Å². The number of hydrogen-bond acceptors (Lipinski definition) is 4. The summed E-state index contributed by atoms with van der Waals surface area (Å²) in [4.78, 5) is 14.5. The van der Waals surface area contributed by atoms with Crippen molar-refractivity contribution < 1.29 is 9.90 Å². The van der Waals surface area contributed by atoms with Gasteiger partial charge in [-0.15, -0.1) is 24.8 Å². The smallest absolute Gasteiger partial charge is 0.238 e. The van der Waals surface area contributed by atoms with E-state index in [-0.39, 0.29) is 42.7 Å². The average Bonchev–Trinajstić information content (AvgIpc) is 3.00. The molecule has 0 spiro atoms. The number of halogens is 2. The van der Waals surface area contributed by atoms with E-state index in [1.54, 1.807) is 0 Å². The molecule has 2 heterocycles. The number of nitrogens with one attached hydrogen (secondary N) is 2. The fourth-order valence-corrected chi connectivity index (χ4v) is 3.76. The summed E-state index contributed by atoms with van der Waals surface area (Å²) in [6, 6.07) is 5.95. The molecule has 2 fully saturated rings. The molecule has 2 aliphatic heterocycles. The lowest BCUT2D eigenvalue weighted by Gasteiger charge is -2.25. The van der Waals surface area contributed by atoms with Gasteiger partial charge in [-0.25, -0.2) is 0 Å². The molecule has 7 heteroatoms. The van der Waals surface area contributed by atoms with Crippen LogP contribution >= 0.6 is 24.8 Å². The molecule has 2 atom stereocenters. The maximum absolute atomic E-state index is 12.3. The van der Waals surface area contributed by atoms with Crippen LogP contribution in [0.3, 0.4) is 0 Å². The summed E-state index contributed by atoms with van der Waals surface area (Å²) in [6.45, 7) is 8.13. The number of carbonyl (C=O) groups is 1. The van der Waals surface area contributed by atoms with Gasteiger partial charge >= 0.3 is 0 Å². The number of hydrogen-bond donors (Lipinski definition) is 3. The molecule has 0 aliphatic carbocycles. The molecule has 3 N–H and O–H groups in total. The molecule has 2 unspecified atom stereocenters. The second-order valence-corrected chi connectivity index (χ2v) is 6.81. The lowest BCUT2D eigenvalue weighted by atomic mass is 9.82. The highest BCUT2D eigenvalue weighted by Crippen LogP contribution is 2.38. The standard InChI is InChI=1S/C17H25N3O2.2ClH/c1-12-4-3-5-15(13(12)2)19-16(22)8-20-7-14-6-18-9-17(14,10-20)11-21;;/h3-5,14,18,21H,6-11H2,1-2H3,(H,19,22);2*1H. The summed E-state index contributed by atoms with van der Waals surface area (Å²) in [5.41, 5.74) is 3.13. The summed E-state index contributed by atoms with van der Waals surface area (Å²) in [5, 5.41) is 16.1. The Hall–Kier alpha value is -0.850. The van der Waals surface area contributed by atoms with E-state index in [1.807, 2.05) is 32.0 Å². The molecule has 0 saturated carbocycles. The van der Waals surface area contributed by atoms with Gasteiger partial charge in [0, 0.05) is 30.7 Å². The van der Waals surface area contributed by atoms with Crippen LogP contribution in [-0.2, 0) is 4.79 Å². The van der Waals surface area contributed by atoms with Crippen molar-refractivity contribution in [3.63, 3.8) is 0 Å². The number of rotatable bonds is 4. The van der Waals surface area contributed by atoms with E-state index in [0.29, 0.717) is 12.5 Å². The van der Waals surface area contributed by atoms with E-state index in [1.165, 1.54) is 5.56 Å². The van der Waals surface area contributed by atoms with Gasteiger partial charge in [0.2, 0.25) is 5.91 Å². The molecule has 5 nitrogen and oxygen atoms in total. The van der Waals surface area contributed by atoms with Crippen LogP contribution in [0.15, 0.2) is 18.2 Å². The van der Waals surface area contributed by atoms with Gasteiger partial charge in [0.15, 0.2) is 0 Å². The molecule has 1 aromatic carbocycles. The molecule has 2 saturated heterocycles. The van der Waals surface area contributed by atoms with Crippen molar-refractivity contribution in [3.8, 4) is 0 Å². The van der Waals surface area contributed by atoms with Crippen LogP contribution in [0.5, 0.6) is 0 Å². The van der Waals surface area contributed by atoms with E-state index in [9.17, 15) is 9.90 Å². The predicted molar refractivity (Wildman–Crippen MR) is 101 cm³/mol. The first-order valence-corrected chi connectivity index (χ1v) is 7.94. The van der Waals surface area contributed by atoms with E-state index in [2.05, 4.69) is 15.5 Å². The first-order valence-electron chi connectivity index (χ1n) is 7.94. The van der Waals surface area contributed by atoms with Crippen LogP contribution in [0.1, 0.15) is 11.1 Å². The number of nitrogens with zero attached hydrogens (tertiary/aromatic N) is 1. The third-order valence-corrected chi connectivity index (χ3v) is 5.31. The first kappa shape index (κ1) is 21.2. The monoisotopic (exact) mass is 375 g/mol. The van der Waals surface area contributed by atoms with Crippen LogP contribution < -0.4 is 10.6 Å². The SMILES string of the molecule is Cc1cccc(NC(=O)CN2CC3CNCC3(CO)C2)c1C.Cl.Cl. The Morgan fingerprint density at radius 2 is 2.17 bits per heavy atom. The number of aryl methyl sites for hydroxylation is 1. The Morgan fingerprint density at radius 1 is 1.42 bits per heavy atom. The largest absolute Gasteiger partial charge is 0.396 e. The quantitative estimate of drug-likeness (QED) is 0.747. The Kier molecular flexibility index (Phi) is 7.50. The predicted octanol–water partition coefficient (Wildman–Crippen LogP) is 1.60. The summed E-state index contributed by atoms with van der Waals surface area (Å²) in [7, 11) is 0. The van der Waals surface area contributed by atoms with Crippen molar-refractivity contribution in [3.05, 3.63) is 29.3 Å². The number of likely N-dealkylation sites (tertiary alicyclic amines) is 1. The van der Waals surface area contributed by atoms with E-state index >= 15 is 0 Å². The number of anilines is 1. The zero-order chi connectivity index (χ0) is 15.7. The fraction of sp³-hybridized carbons (Fsp3) is 0.588. The molecular formula is C17H27Cl2N3O2. The average molecular weight is 376 g/mol. The minimum absolute atomic E-state index is 0. The Bertz CT molecular complexity index is 585. The summed E-state index contributed by atoms with van der Waals surface area (Å²) in [5.74, 6) is 0.473. The second kappa shape index (κ2) is 8.50. The van der Waals surface area contributed by atoms with Gasteiger partial charge in [0.1, 0.15) is 0 Å². The first-order chi connectivity index (χ1) is 10.5. The number of carbonyl (C=O) groups excluding carboxylic acids is 1. The molecular weight excluding hydrogens is 349 g/mol. The highest BCUT2D eigenvalue weighted by atomic mass is 35.5. The maximum Gasteiger partial charge on any atom is 0.238 e. The van der Waals surface area contributed by atoms with Crippen molar-refractivity contribution in [2.75, 3.05) is 44.6 Å². The maximum atomic E-state index is 12.3. The summed E-state index contributed by atoms with van der Waals surface area (Å²) in [6.07, 6.45) is 0. The summed E-state index contributed by atoms with van der Waals surface area (Å²) >= 11 is 0. The van der Waals surface area contributed by atoms with Crippen LogP contribution in [0.4, 0.5) is 5.69 Å². The van der Waals surface area contributed by atoms with Gasteiger partial charge in [-0.05, 0) is 43.5 Å². The third kappa shape index (κ3) is 4.03. The lowest BCUT2D eigenvalue weighted by Crippen LogP contribution is -2.38. The van der Waals surface area contributed by atoms with E-state index in [0.717, 1.165) is 37.4 Å². The lowest BCUT2D eigenvalue weighted by molar-refractivity contribution is -0.117. The fourth-order valence-electron chi connectivity index (χ4n) is 3.76. The zero-order valence-corrected chi connectivity index (χ0v) is 15.8. The van der Waals surface area contributed by atoms with E-state index < -0.39 is 0 Å². The molecule has 24 heavy (non-hydrogen) atoms. The summed E-state index contributed by atoms with van der Waals surface area (Å²) < 4.78 is 0. The molecule has 0 aromatic heterocycles. The van der Waals surface area contributed by atoms with Crippen molar-refractivity contribution in [1.82, 2.24) is 10.2 Å². The zero-order valence-electron chi connectivity index (χ0n) is 14.2. The minimum Gasteiger partial charge on any atom is -0.396 e. The van der Waals surface area contributed by atoms with Crippen LogP contribution in [0.2, 0.25) is 0 Å². The molecule has 0 radical (unpaired) electrons. The number of amides is 1. The van der Waals surface area contributed by atoms with Crippen molar-refractivity contribution in [1.29, 1.82) is 0 Å². The van der Waals surface area contributed by atoms with Gasteiger partial charge in [-0.2, -0.15) is 0 Å². The normalized spacial score (nSPS) is 25.5. The van der Waals surface area contributed by atoms with Crippen molar-refractivity contribution in [2.24, 2.45) is 11.3 Å². The Labute approximate surface area is 156 Å². The topological polar surface area (TPSA) is 64.6 Å². The van der Waals surface area contributed by atoms with Crippen LogP contribution in [0.25, 0.3) is 0 Å². The van der Waals surface area contributed by atoms with Gasteiger partial charge < -0.3 is 15.7 Å². The van der Waals surface area contributed by atoms with Crippen LogP contribution in [-0.4, -0.2) is 55.2 Å². The number of benzene rings is 1. The van der Waals surface area contributed by atoms with Gasteiger partial charge in [0.05, 0.1) is 13.2 Å². The number of aliphatic hydroxyl groups excluding tert-OH is 1. The minimum atomic E-state index is -0.0560. The number of fused-ring (bicyclic) bond motifs is 1.